The quantitative estimate of drug-likeness (QED) is 0.433. The van der Waals surface area contributed by atoms with Gasteiger partial charge in [0.05, 0.1) is 12.6 Å². The van der Waals surface area contributed by atoms with Crippen molar-refractivity contribution >= 4 is 5.91 Å². The first-order valence-corrected chi connectivity index (χ1v) is 4.93. The lowest BCUT2D eigenvalue weighted by atomic mass is 9.96. The van der Waals surface area contributed by atoms with Crippen LogP contribution in [0.2, 0.25) is 0 Å². The summed E-state index contributed by atoms with van der Waals surface area (Å²) in [7, 11) is 1.32. The predicted molar refractivity (Wildman–Crippen MR) is 52.4 cm³/mol. The Morgan fingerprint density at radius 2 is 2.06 bits per heavy atom. The molecule has 0 saturated carbocycles. The van der Waals surface area contributed by atoms with Crippen molar-refractivity contribution in [1.29, 1.82) is 0 Å². The fourth-order valence-electron chi connectivity index (χ4n) is 1.69. The van der Waals surface area contributed by atoms with Gasteiger partial charge < -0.3 is 30.1 Å². The molecule has 1 rings (SSSR count). The molecule has 1 fully saturated rings. The highest BCUT2D eigenvalue weighted by atomic mass is 16.7. The number of aliphatic hydroxyl groups excluding tert-OH is 3. The Morgan fingerprint density at radius 3 is 2.50 bits per heavy atom. The molecule has 7 nitrogen and oxygen atoms in total. The average molecular weight is 235 g/mol. The van der Waals surface area contributed by atoms with Crippen LogP contribution >= 0.6 is 0 Å². The molecule has 0 radical (unpaired) electrons. The first kappa shape index (κ1) is 13.3. The van der Waals surface area contributed by atoms with E-state index < -0.39 is 43.2 Å². The summed E-state index contributed by atoms with van der Waals surface area (Å²) in [5, 5.41) is 30.9. The van der Waals surface area contributed by atoms with Crippen molar-refractivity contribution in [3.8, 4) is 0 Å². The lowest BCUT2D eigenvalue weighted by Gasteiger charge is -2.41. The van der Waals surface area contributed by atoms with E-state index in [4.69, 9.17) is 14.6 Å². The molecule has 4 N–H and O–H groups in total. The Labute approximate surface area is 93.0 Å². The molecule has 1 amide bonds. The molecule has 1 aliphatic rings. The number of hydrogen-bond donors (Lipinski definition) is 4. The lowest BCUT2D eigenvalue weighted by Crippen LogP contribution is -2.64. The monoisotopic (exact) mass is 235 g/mol. The van der Waals surface area contributed by atoms with Crippen molar-refractivity contribution in [2.75, 3.05) is 13.7 Å². The third kappa shape index (κ3) is 2.69. The molecule has 0 unspecified atom stereocenters. The molecule has 1 saturated heterocycles. The number of methoxy groups -OCH3 is 1. The van der Waals surface area contributed by atoms with Crippen molar-refractivity contribution in [2.24, 2.45) is 0 Å². The van der Waals surface area contributed by atoms with Gasteiger partial charge in [-0.25, -0.2) is 0 Å². The Morgan fingerprint density at radius 1 is 1.44 bits per heavy atom. The van der Waals surface area contributed by atoms with Gasteiger partial charge >= 0.3 is 0 Å². The molecular weight excluding hydrogens is 218 g/mol. The molecule has 5 atom stereocenters. The third-order valence-electron chi connectivity index (χ3n) is 2.49. The van der Waals surface area contributed by atoms with Crippen LogP contribution < -0.4 is 5.32 Å². The van der Waals surface area contributed by atoms with Gasteiger partial charge in [0, 0.05) is 14.0 Å². The van der Waals surface area contributed by atoms with Gasteiger partial charge in [-0.05, 0) is 0 Å². The number of carbonyl (C=O) groups excluding carboxylic acids is 1. The van der Waals surface area contributed by atoms with E-state index in [9.17, 15) is 15.0 Å². The van der Waals surface area contributed by atoms with E-state index in [1.54, 1.807) is 0 Å². The summed E-state index contributed by atoms with van der Waals surface area (Å²) in [6.45, 7) is 0.842. The van der Waals surface area contributed by atoms with Crippen molar-refractivity contribution in [3.63, 3.8) is 0 Å². The third-order valence-corrected chi connectivity index (χ3v) is 2.49. The second-order valence-electron chi connectivity index (χ2n) is 3.67. The van der Waals surface area contributed by atoms with Crippen molar-refractivity contribution in [2.45, 2.75) is 37.6 Å². The van der Waals surface area contributed by atoms with Gasteiger partial charge in [-0.1, -0.05) is 0 Å². The SMILES string of the molecule is CO[C@@H]1O[C@H](CO)[C@@H](O)[C@@H](NC(C)=O)[C@H]1O. The van der Waals surface area contributed by atoms with Gasteiger partial charge in [-0.15, -0.1) is 0 Å². The molecule has 0 aromatic rings. The maximum Gasteiger partial charge on any atom is 0.217 e. The van der Waals surface area contributed by atoms with Crippen LogP contribution in [-0.4, -0.2) is 65.6 Å². The van der Waals surface area contributed by atoms with E-state index in [1.165, 1.54) is 14.0 Å². The maximum absolute atomic E-state index is 10.9. The number of nitrogens with one attached hydrogen (secondary N) is 1. The summed E-state index contributed by atoms with van der Waals surface area (Å²) < 4.78 is 9.95. The van der Waals surface area contributed by atoms with Crippen LogP contribution in [-0.2, 0) is 14.3 Å². The summed E-state index contributed by atoms with van der Waals surface area (Å²) >= 11 is 0. The molecule has 1 heterocycles. The van der Waals surface area contributed by atoms with Gasteiger partial charge in [-0.2, -0.15) is 0 Å². The number of carbonyl (C=O) groups is 1. The van der Waals surface area contributed by atoms with Crippen LogP contribution in [0.5, 0.6) is 0 Å². The minimum absolute atomic E-state index is 0.392. The Bertz CT molecular complexity index is 232. The van der Waals surface area contributed by atoms with Gasteiger partial charge in [0.15, 0.2) is 6.29 Å². The second kappa shape index (κ2) is 5.55. The summed E-state index contributed by atoms with van der Waals surface area (Å²) in [6, 6.07) is -0.923. The Hall–Kier alpha value is -0.730. The van der Waals surface area contributed by atoms with Crippen molar-refractivity contribution in [3.05, 3.63) is 0 Å². The van der Waals surface area contributed by atoms with E-state index in [-0.39, 0.29) is 0 Å². The van der Waals surface area contributed by atoms with Gasteiger partial charge in [-0.3, -0.25) is 4.79 Å². The number of rotatable bonds is 3. The highest BCUT2D eigenvalue weighted by Gasteiger charge is 2.44. The fourth-order valence-corrected chi connectivity index (χ4v) is 1.69. The molecule has 0 bridgehead atoms. The zero-order valence-electron chi connectivity index (χ0n) is 9.16. The second-order valence-corrected chi connectivity index (χ2v) is 3.67. The Kier molecular flexibility index (Phi) is 4.63. The summed E-state index contributed by atoms with van der Waals surface area (Å²) in [6.07, 6.45) is -4.26. The van der Waals surface area contributed by atoms with E-state index in [0.717, 1.165) is 0 Å². The van der Waals surface area contributed by atoms with E-state index in [1.807, 2.05) is 0 Å². The zero-order valence-corrected chi connectivity index (χ0v) is 9.16. The van der Waals surface area contributed by atoms with E-state index in [2.05, 4.69) is 5.32 Å². The fraction of sp³-hybridized carbons (Fsp3) is 0.889. The van der Waals surface area contributed by atoms with E-state index >= 15 is 0 Å². The number of ether oxygens (including phenoxy) is 2. The predicted octanol–water partition coefficient (Wildman–Crippen LogP) is -2.42. The smallest absolute Gasteiger partial charge is 0.217 e. The molecule has 7 heteroatoms. The first-order valence-electron chi connectivity index (χ1n) is 4.93. The standard InChI is InChI=1S/C9H17NO6/c1-4(12)10-6-7(13)5(3-11)16-9(15-2)8(6)14/h5-9,11,13-14H,3H2,1-2H3,(H,10,12)/t5-,6-,7-,8-,9-/m1/s1. The number of aliphatic hydroxyl groups is 3. The van der Waals surface area contributed by atoms with Crippen LogP contribution in [0.3, 0.4) is 0 Å². The van der Waals surface area contributed by atoms with E-state index in [0.29, 0.717) is 0 Å². The van der Waals surface area contributed by atoms with Crippen LogP contribution in [0, 0.1) is 0 Å². The summed E-state index contributed by atoms with van der Waals surface area (Å²) in [5.74, 6) is -0.392. The van der Waals surface area contributed by atoms with Crippen LogP contribution in [0.4, 0.5) is 0 Å². The molecule has 0 aromatic carbocycles. The van der Waals surface area contributed by atoms with Gasteiger partial charge in [0.25, 0.3) is 0 Å². The molecule has 94 valence electrons. The molecule has 0 aliphatic carbocycles. The van der Waals surface area contributed by atoms with Crippen molar-refractivity contribution in [1.82, 2.24) is 5.32 Å². The van der Waals surface area contributed by atoms with Crippen LogP contribution in [0.25, 0.3) is 0 Å². The zero-order chi connectivity index (χ0) is 12.3. The normalized spacial score (nSPS) is 39.4. The number of amides is 1. The average Bonchev–Trinajstić information content (AvgIpc) is 2.24. The van der Waals surface area contributed by atoms with Gasteiger partial charge in [0.1, 0.15) is 18.3 Å². The summed E-state index contributed by atoms with van der Waals surface area (Å²) in [4.78, 5) is 10.9. The van der Waals surface area contributed by atoms with Gasteiger partial charge in [0.2, 0.25) is 5.91 Å². The molecule has 1 aliphatic heterocycles. The van der Waals surface area contributed by atoms with Crippen LogP contribution in [0.1, 0.15) is 6.92 Å². The highest BCUT2D eigenvalue weighted by molar-refractivity contribution is 5.73. The van der Waals surface area contributed by atoms with Crippen LogP contribution in [0.15, 0.2) is 0 Å². The maximum atomic E-state index is 10.9. The van der Waals surface area contributed by atoms with Crippen molar-refractivity contribution < 1.29 is 29.6 Å². The largest absolute Gasteiger partial charge is 0.394 e. The molecule has 0 aromatic heterocycles. The highest BCUT2D eigenvalue weighted by Crippen LogP contribution is 2.21. The summed E-state index contributed by atoms with van der Waals surface area (Å²) in [5.41, 5.74) is 0. The topological polar surface area (TPSA) is 108 Å². The first-order chi connectivity index (χ1) is 7.51. The lowest BCUT2D eigenvalue weighted by molar-refractivity contribution is -0.271. The Balaban J connectivity index is 2.79. The molecule has 16 heavy (non-hydrogen) atoms. The minimum Gasteiger partial charge on any atom is -0.394 e. The molecule has 0 spiro atoms. The molecular formula is C9H17NO6. The number of hydrogen-bond acceptors (Lipinski definition) is 6. The minimum atomic E-state index is -1.19.